The highest BCUT2D eigenvalue weighted by molar-refractivity contribution is 6.35. The molecule has 0 spiro atoms. The Labute approximate surface area is 133 Å². The molecule has 0 aliphatic heterocycles. The SMILES string of the molecule is COc1ccccc1C=CC(=O)Nc1cc(Cl)cc(Cl)c1. The summed E-state index contributed by atoms with van der Waals surface area (Å²) in [5.41, 5.74) is 1.36. The number of nitrogens with one attached hydrogen (secondary N) is 1. The smallest absolute Gasteiger partial charge is 0.248 e. The average molecular weight is 322 g/mol. The molecule has 2 aromatic carbocycles. The molecule has 2 rings (SSSR count). The Hall–Kier alpha value is -1.97. The maximum atomic E-state index is 11.9. The molecule has 1 N–H and O–H groups in total. The molecule has 0 bridgehead atoms. The number of amides is 1. The number of methoxy groups -OCH3 is 1. The van der Waals surface area contributed by atoms with Gasteiger partial charge in [0.15, 0.2) is 0 Å². The molecule has 2 aromatic rings. The highest BCUT2D eigenvalue weighted by Gasteiger charge is 2.02. The second kappa shape index (κ2) is 7.16. The van der Waals surface area contributed by atoms with E-state index in [2.05, 4.69) is 5.32 Å². The summed E-state index contributed by atoms with van der Waals surface area (Å²) in [4.78, 5) is 11.9. The van der Waals surface area contributed by atoms with Crippen molar-refractivity contribution in [1.29, 1.82) is 0 Å². The number of rotatable bonds is 4. The zero-order chi connectivity index (χ0) is 15.2. The summed E-state index contributed by atoms with van der Waals surface area (Å²) >= 11 is 11.8. The molecule has 0 radical (unpaired) electrons. The van der Waals surface area contributed by atoms with Crippen LogP contribution in [-0.4, -0.2) is 13.0 Å². The lowest BCUT2D eigenvalue weighted by molar-refractivity contribution is -0.111. The van der Waals surface area contributed by atoms with Gasteiger partial charge in [0.1, 0.15) is 5.75 Å². The number of hydrogen-bond acceptors (Lipinski definition) is 2. The van der Waals surface area contributed by atoms with Gasteiger partial charge in [-0.1, -0.05) is 41.4 Å². The topological polar surface area (TPSA) is 38.3 Å². The van der Waals surface area contributed by atoms with Gasteiger partial charge in [-0.15, -0.1) is 0 Å². The summed E-state index contributed by atoms with van der Waals surface area (Å²) in [6.07, 6.45) is 3.10. The molecular formula is C16H13Cl2NO2. The van der Waals surface area contributed by atoms with Crippen molar-refractivity contribution in [3.8, 4) is 5.75 Å². The third-order valence-electron chi connectivity index (χ3n) is 2.68. The van der Waals surface area contributed by atoms with Gasteiger partial charge in [0.25, 0.3) is 0 Å². The van der Waals surface area contributed by atoms with E-state index in [0.717, 1.165) is 5.56 Å². The van der Waals surface area contributed by atoms with Crippen molar-refractivity contribution in [2.24, 2.45) is 0 Å². The van der Waals surface area contributed by atoms with E-state index in [1.807, 2.05) is 24.3 Å². The lowest BCUT2D eigenvalue weighted by atomic mass is 10.2. The first-order chi connectivity index (χ1) is 10.1. The summed E-state index contributed by atoms with van der Waals surface area (Å²) in [6, 6.07) is 12.3. The van der Waals surface area contributed by atoms with Crippen molar-refractivity contribution < 1.29 is 9.53 Å². The zero-order valence-corrected chi connectivity index (χ0v) is 12.8. The number of carbonyl (C=O) groups is 1. The van der Waals surface area contributed by atoms with Crippen molar-refractivity contribution in [2.45, 2.75) is 0 Å². The lowest BCUT2D eigenvalue weighted by Crippen LogP contribution is -2.07. The zero-order valence-electron chi connectivity index (χ0n) is 11.3. The number of hydrogen-bond donors (Lipinski definition) is 1. The summed E-state index contributed by atoms with van der Waals surface area (Å²) in [7, 11) is 1.58. The predicted octanol–water partition coefficient (Wildman–Crippen LogP) is 4.65. The highest BCUT2D eigenvalue weighted by Crippen LogP contribution is 2.23. The highest BCUT2D eigenvalue weighted by atomic mass is 35.5. The quantitative estimate of drug-likeness (QED) is 0.832. The summed E-state index contributed by atoms with van der Waals surface area (Å²) < 4.78 is 5.21. The Morgan fingerprint density at radius 3 is 2.48 bits per heavy atom. The average Bonchev–Trinajstić information content (AvgIpc) is 2.44. The Bertz CT molecular complexity index is 663. The molecule has 0 heterocycles. The molecule has 0 saturated heterocycles. The third-order valence-corrected chi connectivity index (χ3v) is 3.12. The number of anilines is 1. The van der Waals surface area contributed by atoms with E-state index in [-0.39, 0.29) is 5.91 Å². The Morgan fingerprint density at radius 2 is 1.81 bits per heavy atom. The second-order valence-electron chi connectivity index (χ2n) is 4.22. The van der Waals surface area contributed by atoms with Crippen LogP contribution in [0.5, 0.6) is 5.75 Å². The van der Waals surface area contributed by atoms with E-state index in [4.69, 9.17) is 27.9 Å². The van der Waals surface area contributed by atoms with Crippen LogP contribution in [-0.2, 0) is 4.79 Å². The number of para-hydroxylation sites is 1. The molecule has 0 atom stereocenters. The Kier molecular flexibility index (Phi) is 5.26. The number of halogens is 2. The van der Waals surface area contributed by atoms with Gasteiger partial charge < -0.3 is 10.1 Å². The van der Waals surface area contributed by atoms with Crippen LogP contribution in [0, 0.1) is 0 Å². The van der Waals surface area contributed by atoms with E-state index in [1.165, 1.54) is 6.08 Å². The van der Waals surface area contributed by atoms with Crippen LogP contribution in [0.25, 0.3) is 6.08 Å². The molecule has 108 valence electrons. The van der Waals surface area contributed by atoms with E-state index in [0.29, 0.717) is 21.5 Å². The fourth-order valence-corrected chi connectivity index (χ4v) is 2.31. The maximum absolute atomic E-state index is 11.9. The molecule has 0 saturated carbocycles. The molecule has 0 aliphatic rings. The van der Waals surface area contributed by atoms with Crippen LogP contribution >= 0.6 is 23.2 Å². The van der Waals surface area contributed by atoms with Crippen LogP contribution in [0.2, 0.25) is 10.0 Å². The Balaban J connectivity index is 2.09. The minimum Gasteiger partial charge on any atom is -0.496 e. The van der Waals surface area contributed by atoms with Crippen LogP contribution in [0.3, 0.4) is 0 Å². The second-order valence-corrected chi connectivity index (χ2v) is 5.10. The standard InChI is InChI=1S/C16H13Cl2NO2/c1-21-15-5-3-2-4-11(15)6-7-16(20)19-14-9-12(17)8-13(18)10-14/h2-10H,1H3,(H,19,20). The van der Waals surface area contributed by atoms with E-state index in [9.17, 15) is 4.79 Å². The van der Waals surface area contributed by atoms with Gasteiger partial charge >= 0.3 is 0 Å². The van der Waals surface area contributed by atoms with Gasteiger partial charge in [-0.3, -0.25) is 4.79 Å². The van der Waals surface area contributed by atoms with E-state index < -0.39 is 0 Å². The fraction of sp³-hybridized carbons (Fsp3) is 0.0625. The van der Waals surface area contributed by atoms with E-state index in [1.54, 1.807) is 31.4 Å². The first-order valence-corrected chi connectivity index (χ1v) is 6.92. The van der Waals surface area contributed by atoms with E-state index >= 15 is 0 Å². The molecule has 0 unspecified atom stereocenters. The monoisotopic (exact) mass is 321 g/mol. The first-order valence-electron chi connectivity index (χ1n) is 6.16. The largest absolute Gasteiger partial charge is 0.496 e. The molecule has 3 nitrogen and oxygen atoms in total. The van der Waals surface area contributed by atoms with Crippen LogP contribution in [0.15, 0.2) is 48.5 Å². The fourth-order valence-electron chi connectivity index (χ4n) is 1.78. The van der Waals surface area contributed by atoms with Gasteiger partial charge in [-0.25, -0.2) is 0 Å². The van der Waals surface area contributed by atoms with Crippen LogP contribution in [0.4, 0.5) is 5.69 Å². The molecule has 0 aromatic heterocycles. The minimum absolute atomic E-state index is 0.278. The summed E-state index contributed by atoms with van der Waals surface area (Å²) in [5, 5.41) is 3.62. The van der Waals surface area contributed by atoms with Crippen molar-refractivity contribution >= 4 is 40.9 Å². The van der Waals surface area contributed by atoms with Crippen LogP contribution < -0.4 is 10.1 Å². The molecule has 1 amide bonds. The molecule has 0 fully saturated rings. The molecule has 21 heavy (non-hydrogen) atoms. The van der Waals surface area contributed by atoms with Gasteiger partial charge in [0, 0.05) is 27.4 Å². The normalized spacial score (nSPS) is 10.6. The predicted molar refractivity (Wildman–Crippen MR) is 87.1 cm³/mol. The van der Waals surface area contributed by atoms with Gasteiger partial charge in [-0.05, 0) is 30.3 Å². The van der Waals surface area contributed by atoms with Crippen molar-refractivity contribution in [3.05, 3.63) is 64.1 Å². The summed E-state index contributed by atoms with van der Waals surface area (Å²) in [5.74, 6) is 0.423. The van der Waals surface area contributed by atoms with Crippen molar-refractivity contribution in [2.75, 3.05) is 12.4 Å². The molecule has 5 heteroatoms. The number of benzene rings is 2. The minimum atomic E-state index is -0.278. The number of carbonyl (C=O) groups excluding carboxylic acids is 1. The maximum Gasteiger partial charge on any atom is 0.248 e. The third kappa shape index (κ3) is 4.52. The number of ether oxygens (including phenoxy) is 1. The molecule has 0 aliphatic carbocycles. The van der Waals surface area contributed by atoms with Crippen molar-refractivity contribution in [1.82, 2.24) is 0 Å². The van der Waals surface area contributed by atoms with Crippen LogP contribution in [0.1, 0.15) is 5.56 Å². The van der Waals surface area contributed by atoms with Gasteiger partial charge in [-0.2, -0.15) is 0 Å². The Morgan fingerprint density at radius 1 is 1.14 bits per heavy atom. The van der Waals surface area contributed by atoms with Gasteiger partial charge in [0.05, 0.1) is 7.11 Å². The lowest BCUT2D eigenvalue weighted by Gasteiger charge is -2.05. The van der Waals surface area contributed by atoms with Crippen molar-refractivity contribution in [3.63, 3.8) is 0 Å². The molecular weight excluding hydrogens is 309 g/mol. The summed E-state index contributed by atoms with van der Waals surface area (Å²) in [6.45, 7) is 0. The first kappa shape index (κ1) is 15.4. The van der Waals surface area contributed by atoms with Gasteiger partial charge in [0.2, 0.25) is 5.91 Å².